The van der Waals surface area contributed by atoms with Crippen LogP contribution in [-0.4, -0.2) is 43.7 Å². The van der Waals surface area contributed by atoms with E-state index in [9.17, 15) is 14.7 Å². The molecule has 3 aliphatic carbocycles. The lowest BCUT2D eigenvalue weighted by atomic mass is 9.45. The van der Waals surface area contributed by atoms with E-state index >= 15 is 0 Å². The smallest absolute Gasteiger partial charge is 0.360 e. The van der Waals surface area contributed by atoms with Crippen molar-refractivity contribution in [3.05, 3.63) is 40.3 Å². The Balaban J connectivity index is 1.22. The molecule has 2 unspecified atom stereocenters. The minimum atomic E-state index is -1.23. The van der Waals surface area contributed by atoms with Crippen molar-refractivity contribution in [2.75, 3.05) is 0 Å². The number of piperidine rings is 2. The summed E-state index contributed by atoms with van der Waals surface area (Å²) >= 11 is 0. The number of aromatic nitrogens is 2. The zero-order chi connectivity index (χ0) is 24.1. The lowest BCUT2D eigenvalue weighted by Gasteiger charge is -2.61. The highest BCUT2D eigenvalue weighted by Crippen LogP contribution is 2.74. The van der Waals surface area contributed by atoms with E-state index in [0.717, 1.165) is 30.2 Å². The fourth-order valence-corrected chi connectivity index (χ4v) is 9.82. The molecule has 5 fully saturated rings. The Morgan fingerprint density at radius 3 is 2.46 bits per heavy atom. The van der Waals surface area contributed by atoms with Crippen molar-refractivity contribution in [1.29, 1.82) is 0 Å². The SMILES string of the molecule is CC12C[C@@H]3C[C@@H](N4[C@@H]5CCC[C@H]4C[C@@H](n4c(=O)c(C(=O)O)nc6ccccc64)C5)C[C@H](C1)C2(C)C3. The van der Waals surface area contributed by atoms with Crippen molar-refractivity contribution < 1.29 is 9.90 Å². The Hall–Kier alpha value is -2.21. The summed E-state index contributed by atoms with van der Waals surface area (Å²) in [5, 5.41) is 9.68. The fraction of sp³-hybridized carbons (Fsp3) is 0.690. The maximum absolute atomic E-state index is 13.4. The molecule has 0 spiro atoms. The predicted molar refractivity (Wildman–Crippen MR) is 135 cm³/mol. The molecule has 4 bridgehead atoms. The zero-order valence-electron chi connectivity index (χ0n) is 20.9. The van der Waals surface area contributed by atoms with Gasteiger partial charge in [-0.2, -0.15) is 0 Å². The van der Waals surface area contributed by atoms with Crippen molar-refractivity contribution in [2.45, 2.75) is 102 Å². The summed E-state index contributed by atoms with van der Waals surface area (Å²) < 4.78 is 1.79. The van der Waals surface area contributed by atoms with Crippen LogP contribution >= 0.6 is 0 Å². The average molecular weight is 476 g/mol. The lowest BCUT2D eigenvalue weighted by molar-refractivity contribution is -0.118. The molecule has 2 aromatic rings. The minimum absolute atomic E-state index is 0.0341. The molecule has 186 valence electrons. The maximum Gasteiger partial charge on any atom is 0.360 e. The monoisotopic (exact) mass is 475 g/mol. The molecule has 7 rings (SSSR count). The molecule has 0 radical (unpaired) electrons. The molecule has 5 aliphatic rings. The van der Waals surface area contributed by atoms with Gasteiger partial charge in [-0.05, 0) is 92.6 Å². The molecule has 1 N–H and O–H groups in total. The number of hydrogen-bond acceptors (Lipinski definition) is 4. The van der Waals surface area contributed by atoms with Gasteiger partial charge in [0.15, 0.2) is 0 Å². The molecule has 1 aromatic carbocycles. The summed E-state index contributed by atoms with van der Waals surface area (Å²) in [5.74, 6) is 0.501. The van der Waals surface area contributed by atoms with E-state index in [1.54, 1.807) is 4.57 Å². The summed E-state index contributed by atoms with van der Waals surface area (Å²) in [6.07, 6.45) is 12.5. The Kier molecular flexibility index (Phi) is 4.66. The number of carboxylic acids is 1. The second-order valence-corrected chi connectivity index (χ2v) is 13.0. The van der Waals surface area contributed by atoms with Crippen LogP contribution in [0.2, 0.25) is 0 Å². The van der Waals surface area contributed by atoms with Crippen molar-refractivity contribution in [1.82, 2.24) is 14.5 Å². The predicted octanol–water partition coefficient (Wildman–Crippen LogP) is 5.26. The highest BCUT2D eigenvalue weighted by atomic mass is 16.4. The number of benzene rings is 1. The van der Waals surface area contributed by atoms with Gasteiger partial charge in [0, 0.05) is 24.2 Å². The van der Waals surface area contributed by atoms with Gasteiger partial charge in [0.1, 0.15) is 0 Å². The molecule has 2 aliphatic heterocycles. The number of carboxylic acid groups (broad SMARTS) is 1. The third kappa shape index (κ3) is 3.01. The third-order valence-electron chi connectivity index (χ3n) is 11.4. The van der Waals surface area contributed by atoms with E-state index < -0.39 is 11.5 Å². The van der Waals surface area contributed by atoms with E-state index in [-0.39, 0.29) is 11.7 Å². The van der Waals surface area contributed by atoms with Crippen LogP contribution in [0.4, 0.5) is 0 Å². The van der Waals surface area contributed by atoms with Crippen LogP contribution in [0.5, 0.6) is 0 Å². The molecular weight excluding hydrogens is 438 g/mol. The molecule has 3 heterocycles. The zero-order valence-corrected chi connectivity index (χ0v) is 20.9. The second-order valence-electron chi connectivity index (χ2n) is 13.0. The molecule has 6 nitrogen and oxygen atoms in total. The normalized spacial score (nSPS) is 42.5. The second kappa shape index (κ2) is 7.41. The highest BCUT2D eigenvalue weighted by molar-refractivity contribution is 5.88. The van der Waals surface area contributed by atoms with Gasteiger partial charge >= 0.3 is 5.97 Å². The Bertz CT molecular complexity index is 1260. The summed E-state index contributed by atoms with van der Waals surface area (Å²) in [5.41, 5.74) is 1.71. The topological polar surface area (TPSA) is 75.4 Å². The Morgan fingerprint density at radius 2 is 1.71 bits per heavy atom. The van der Waals surface area contributed by atoms with Crippen molar-refractivity contribution in [2.24, 2.45) is 22.7 Å². The highest BCUT2D eigenvalue weighted by Gasteiger charge is 2.66. The van der Waals surface area contributed by atoms with Gasteiger partial charge in [-0.1, -0.05) is 32.4 Å². The largest absolute Gasteiger partial charge is 0.476 e. The van der Waals surface area contributed by atoms with Crippen LogP contribution in [0.25, 0.3) is 11.0 Å². The summed E-state index contributed by atoms with van der Waals surface area (Å²) in [6.45, 7) is 5.13. The number of hydrogen-bond donors (Lipinski definition) is 1. The number of aromatic carboxylic acids is 1. The first-order valence-electron chi connectivity index (χ1n) is 13.8. The van der Waals surface area contributed by atoms with Gasteiger partial charge in [0.05, 0.1) is 11.0 Å². The van der Waals surface area contributed by atoms with Gasteiger partial charge in [-0.3, -0.25) is 9.69 Å². The van der Waals surface area contributed by atoms with Gasteiger partial charge in [-0.15, -0.1) is 0 Å². The van der Waals surface area contributed by atoms with E-state index in [1.165, 1.54) is 51.4 Å². The van der Waals surface area contributed by atoms with E-state index in [0.29, 0.717) is 34.5 Å². The Labute approximate surface area is 206 Å². The fourth-order valence-electron chi connectivity index (χ4n) is 9.82. The van der Waals surface area contributed by atoms with Crippen molar-refractivity contribution in [3.63, 3.8) is 0 Å². The van der Waals surface area contributed by atoms with E-state index in [2.05, 4.69) is 23.7 Å². The number of para-hydroxylation sites is 2. The van der Waals surface area contributed by atoms with Crippen molar-refractivity contribution in [3.8, 4) is 0 Å². The van der Waals surface area contributed by atoms with Gasteiger partial charge < -0.3 is 9.67 Å². The molecule has 8 atom stereocenters. The van der Waals surface area contributed by atoms with Crippen molar-refractivity contribution >= 4 is 17.0 Å². The summed E-state index contributed by atoms with van der Waals surface area (Å²) in [4.78, 5) is 32.3. The lowest BCUT2D eigenvalue weighted by Crippen LogP contribution is -2.59. The quantitative estimate of drug-likeness (QED) is 0.656. The van der Waals surface area contributed by atoms with Crippen LogP contribution in [-0.2, 0) is 0 Å². The van der Waals surface area contributed by atoms with Crippen LogP contribution in [0.1, 0.15) is 94.6 Å². The molecule has 1 aromatic heterocycles. The summed E-state index contributed by atoms with van der Waals surface area (Å²) in [7, 11) is 0. The molecule has 35 heavy (non-hydrogen) atoms. The van der Waals surface area contributed by atoms with E-state index in [1.807, 2.05) is 24.3 Å². The van der Waals surface area contributed by atoms with Crippen LogP contribution in [0, 0.1) is 22.7 Å². The van der Waals surface area contributed by atoms with Gasteiger partial charge in [-0.25, -0.2) is 9.78 Å². The minimum Gasteiger partial charge on any atom is -0.476 e. The number of rotatable bonds is 3. The first-order chi connectivity index (χ1) is 16.8. The Morgan fingerprint density at radius 1 is 0.971 bits per heavy atom. The number of fused-ring (bicyclic) bond motifs is 4. The first kappa shape index (κ1) is 22.0. The molecule has 0 amide bonds. The van der Waals surface area contributed by atoms with Crippen LogP contribution in [0.3, 0.4) is 0 Å². The van der Waals surface area contributed by atoms with E-state index in [4.69, 9.17) is 0 Å². The third-order valence-corrected chi connectivity index (χ3v) is 11.4. The van der Waals surface area contributed by atoms with Crippen LogP contribution in [0.15, 0.2) is 29.1 Å². The van der Waals surface area contributed by atoms with Gasteiger partial charge in [0.2, 0.25) is 5.69 Å². The number of nitrogens with zero attached hydrogens (tertiary/aromatic N) is 3. The first-order valence-corrected chi connectivity index (χ1v) is 13.8. The number of carbonyl (C=O) groups is 1. The standard InChI is InChI=1S/C29H37N3O3/c1-28-14-17-10-21(11-18(16-28)29(28,2)15-17)31-19-6-5-7-20(31)13-22(12-19)32-24-9-4-3-8-23(24)30-25(26(32)33)27(34)35/h3-4,8-9,17-22H,5-7,10-16H2,1-2H3,(H,34,35)/t17-,18+,19-,20+,21+,22+,28?,29?/m0/s1. The molecule has 6 heteroatoms. The van der Waals surface area contributed by atoms with Crippen LogP contribution < -0.4 is 5.56 Å². The molecular formula is C29H37N3O3. The average Bonchev–Trinajstić information content (AvgIpc) is 2.91. The molecule has 3 saturated carbocycles. The summed E-state index contributed by atoms with van der Waals surface area (Å²) in [6, 6.07) is 9.21. The van der Waals surface area contributed by atoms with Gasteiger partial charge in [0.25, 0.3) is 5.56 Å². The molecule has 2 saturated heterocycles. The maximum atomic E-state index is 13.4.